The molecule has 4 aromatic rings. The standard InChI is InChI=1S/C31H41N6O6P/c1-18-15-22(42-28(18)37-20(3)33-25-26(37)34-30(32)35-27(25)39-7)16-41-44(36-19(2)29(38)40-17-31(4,5)6)43-24-14-10-12-21-11-8-9-13-23(21)24/h8-14,18-19,22,28,36H,15-17H2,1-7H3,(H2,32,34,35)/t18-,19?,22?,28?,44?/m0/s1. The zero-order valence-electron chi connectivity index (χ0n) is 26.2. The van der Waals surface area contributed by atoms with Gasteiger partial charge in [0.25, 0.3) is 0 Å². The molecule has 1 aliphatic rings. The number of carbonyl (C=O) groups is 1. The van der Waals surface area contributed by atoms with Gasteiger partial charge in [0.15, 0.2) is 11.2 Å². The van der Waals surface area contributed by atoms with E-state index in [0.29, 0.717) is 35.2 Å². The molecule has 2 aromatic heterocycles. The van der Waals surface area contributed by atoms with Crippen LogP contribution < -0.4 is 20.1 Å². The monoisotopic (exact) mass is 624 g/mol. The van der Waals surface area contributed by atoms with Crippen LogP contribution in [0.15, 0.2) is 42.5 Å². The average molecular weight is 625 g/mol. The third kappa shape index (κ3) is 7.21. The molecule has 3 N–H and O–H groups in total. The first-order valence-corrected chi connectivity index (χ1v) is 15.8. The van der Waals surface area contributed by atoms with Crippen LogP contribution in [0.5, 0.6) is 11.6 Å². The Kier molecular flexibility index (Phi) is 9.55. The number of nitrogens with two attached hydrogens (primary N) is 1. The number of imidazole rings is 1. The van der Waals surface area contributed by atoms with Crippen molar-refractivity contribution in [1.82, 2.24) is 24.6 Å². The molecule has 5 rings (SSSR count). The summed E-state index contributed by atoms with van der Waals surface area (Å²) in [5.41, 5.74) is 6.89. The Balaban J connectivity index is 1.32. The van der Waals surface area contributed by atoms with Crippen molar-refractivity contribution in [2.24, 2.45) is 11.3 Å². The summed E-state index contributed by atoms with van der Waals surface area (Å²) in [6.45, 7) is 12.3. The smallest absolute Gasteiger partial charge is 0.323 e. The van der Waals surface area contributed by atoms with Crippen LogP contribution in [0.1, 0.15) is 53.1 Å². The van der Waals surface area contributed by atoms with Crippen molar-refractivity contribution in [3.63, 3.8) is 0 Å². The highest BCUT2D eigenvalue weighted by Crippen LogP contribution is 2.42. The Morgan fingerprint density at radius 3 is 2.68 bits per heavy atom. The Morgan fingerprint density at radius 1 is 1.18 bits per heavy atom. The van der Waals surface area contributed by atoms with Gasteiger partial charge < -0.3 is 29.0 Å². The minimum atomic E-state index is -1.76. The summed E-state index contributed by atoms with van der Waals surface area (Å²) >= 11 is 0. The Labute approximate surface area is 258 Å². The minimum absolute atomic E-state index is 0.0958. The van der Waals surface area contributed by atoms with Gasteiger partial charge >= 0.3 is 14.5 Å². The fourth-order valence-corrected chi connectivity index (χ4v) is 6.33. The Morgan fingerprint density at radius 2 is 1.93 bits per heavy atom. The number of rotatable bonds is 11. The highest BCUT2D eigenvalue weighted by atomic mass is 31.2. The van der Waals surface area contributed by atoms with Gasteiger partial charge in [-0.3, -0.25) is 9.36 Å². The predicted octanol–water partition coefficient (Wildman–Crippen LogP) is 5.69. The number of benzene rings is 2. The molecular weight excluding hydrogens is 583 g/mol. The minimum Gasteiger partial charge on any atom is -0.479 e. The van der Waals surface area contributed by atoms with E-state index >= 15 is 0 Å². The molecular formula is C31H41N6O6P. The lowest BCUT2D eigenvalue weighted by molar-refractivity contribution is -0.148. The van der Waals surface area contributed by atoms with E-state index in [1.54, 1.807) is 6.92 Å². The summed E-state index contributed by atoms with van der Waals surface area (Å²) in [6, 6.07) is 13.1. The number of carbonyl (C=O) groups excluding carboxylic acids is 1. The van der Waals surface area contributed by atoms with Crippen LogP contribution in [-0.4, -0.2) is 58.0 Å². The van der Waals surface area contributed by atoms with Crippen LogP contribution in [-0.2, 0) is 18.8 Å². The van der Waals surface area contributed by atoms with E-state index < -0.39 is 14.6 Å². The normalized spacial score (nSPS) is 20.1. The van der Waals surface area contributed by atoms with Crippen molar-refractivity contribution in [2.45, 2.75) is 66.3 Å². The molecule has 12 nitrogen and oxygen atoms in total. The van der Waals surface area contributed by atoms with Crippen molar-refractivity contribution in [3.05, 3.63) is 48.3 Å². The molecule has 0 aliphatic carbocycles. The van der Waals surface area contributed by atoms with E-state index in [2.05, 4.69) is 27.0 Å². The topological polar surface area (TPSA) is 145 Å². The number of hydrogen-bond donors (Lipinski definition) is 2. The van der Waals surface area contributed by atoms with E-state index in [0.717, 1.165) is 17.2 Å². The lowest BCUT2D eigenvalue weighted by Gasteiger charge is -2.25. The van der Waals surface area contributed by atoms with Gasteiger partial charge in [-0.2, -0.15) is 9.97 Å². The van der Waals surface area contributed by atoms with Crippen LogP contribution >= 0.6 is 8.53 Å². The highest BCUT2D eigenvalue weighted by Gasteiger charge is 2.37. The molecule has 0 bridgehead atoms. The van der Waals surface area contributed by atoms with Crippen LogP contribution in [0, 0.1) is 18.3 Å². The molecule has 2 aromatic carbocycles. The maximum Gasteiger partial charge on any atom is 0.323 e. The number of methoxy groups -OCH3 is 1. The molecule has 13 heteroatoms. The molecule has 5 atom stereocenters. The molecule has 0 saturated carbocycles. The van der Waals surface area contributed by atoms with Crippen LogP contribution in [0.2, 0.25) is 0 Å². The van der Waals surface area contributed by atoms with E-state index in [1.165, 1.54) is 7.11 Å². The van der Waals surface area contributed by atoms with Gasteiger partial charge in [-0.15, -0.1) is 0 Å². The van der Waals surface area contributed by atoms with Gasteiger partial charge in [-0.25, -0.2) is 10.1 Å². The van der Waals surface area contributed by atoms with E-state index in [1.807, 2.05) is 74.7 Å². The van der Waals surface area contributed by atoms with Crippen molar-refractivity contribution >= 4 is 42.4 Å². The summed E-state index contributed by atoms with van der Waals surface area (Å²) in [7, 11) is -0.236. The lowest BCUT2D eigenvalue weighted by Crippen LogP contribution is -2.35. The van der Waals surface area contributed by atoms with Crippen LogP contribution in [0.25, 0.3) is 21.9 Å². The molecule has 4 unspecified atom stereocenters. The number of fused-ring (bicyclic) bond motifs is 2. The first kappa shape index (κ1) is 31.8. The van der Waals surface area contributed by atoms with E-state index in [-0.39, 0.29) is 42.2 Å². The lowest BCUT2D eigenvalue weighted by atomic mass is 9.99. The largest absolute Gasteiger partial charge is 0.479 e. The van der Waals surface area contributed by atoms with Gasteiger partial charge in [0.1, 0.15) is 23.8 Å². The Bertz CT molecular complexity index is 1620. The predicted molar refractivity (Wildman–Crippen MR) is 169 cm³/mol. The molecule has 1 aliphatic heterocycles. The van der Waals surface area contributed by atoms with Gasteiger partial charge in [0.2, 0.25) is 11.8 Å². The van der Waals surface area contributed by atoms with E-state index in [4.69, 9.17) is 29.0 Å². The number of nitrogens with one attached hydrogen (secondary N) is 1. The second kappa shape index (κ2) is 13.2. The first-order valence-electron chi connectivity index (χ1n) is 14.7. The SMILES string of the molecule is COc1nc(N)nc2c1nc(C)n2C1OC(COP(NC(C)C(=O)OCC(C)(C)C)Oc2cccc3ccccc23)C[C@@H]1C. The van der Waals surface area contributed by atoms with Crippen molar-refractivity contribution in [2.75, 3.05) is 26.1 Å². The number of nitrogen functional groups attached to an aromatic ring is 1. The number of aryl methyl sites for hydroxylation is 1. The fraction of sp³-hybridized carbons (Fsp3) is 0.484. The number of esters is 1. The van der Waals surface area contributed by atoms with Crippen molar-refractivity contribution in [3.8, 4) is 11.6 Å². The second-order valence-electron chi connectivity index (χ2n) is 12.3. The summed E-state index contributed by atoms with van der Waals surface area (Å²) in [5, 5.41) is 5.21. The average Bonchev–Trinajstić information content (AvgIpc) is 3.51. The molecule has 0 spiro atoms. The highest BCUT2D eigenvalue weighted by molar-refractivity contribution is 7.45. The van der Waals surface area contributed by atoms with Crippen LogP contribution in [0.3, 0.4) is 0 Å². The zero-order valence-corrected chi connectivity index (χ0v) is 27.1. The molecule has 3 heterocycles. The maximum absolute atomic E-state index is 12.8. The number of ether oxygens (including phenoxy) is 3. The van der Waals surface area contributed by atoms with Gasteiger partial charge in [-0.05, 0) is 37.1 Å². The van der Waals surface area contributed by atoms with Gasteiger partial charge in [-0.1, -0.05) is 64.1 Å². The molecule has 1 fully saturated rings. The molecule has 44 heavy (non-hydrogen) atoms. The van der Waals surface area contributed by atoms with Crippen molar-refractivity contribution < 1.29 is 28.1 Å². The molecule has 0 radical (unpaired) electrons. The third-order valence-corrected chi connectivity index (χ3v) is 8.56. The molecule has 1 saturated heterocycles. The van der Waals surface area contributed by atoms with Gasteiger partial charge in [0.05, 0.1) is 26.4 Å². The Hall–Kier alpha value is -3.57. The van der Waals surface area contributed by atoms with Crippen LogP contribution in [0.4, 0.5) is 5.95 Å². The first-order chi connectivity index (χ1) is 20.9. The number of hydrogen-bond acceptors (Lipinski definition) is 11. The fourth-order valence-electron chi connectivity index (χ4n) is 5.09. The zero-order chi connectivity index (χ0) is 31.6. The second-order valence-corrected chi connectivity index (χ2v) is 13.5. The molecule has 0 amide bonds. The summed E-state index contributed by atoms with van der Waals surface area (Å²) in [4.78, 5) is 26.1. The van der Waals surface area contributed by atoms with Gasteiger partial charge in [0, 0.05) is 11.3 Å². The number of aromatic nitrogens is 4. The third-order valence-electron chi connectivity index (χ3n) is 7.21. The quantitative estimate of drug-likeness (QED) is 0.157. The summed E-state index contributed by atoms with van der Waals surface area (Å²) < 4.78 is 32.1. The van der Waals surface area contributed by atoms with Crippen molar-refractivity contribution in [1.29, 1.82) is 0 Å². The summed E-state index contributed by atoms with van der Waals surface area (Å²) in [6.07, 6.45) is 0.123. The maximum atomic E-state index is 12.8. The molecule has 236 valence electrons. The van der Waals surface area contributed by atoms with E-state index in [9.17, 15) is 4.79 Å². The number of nitrogens with zero attached hydrogens (tertiary/aromatic N) is 4. The summed E-state index contributed by atoms with van der Waals surface area (Å²) in [5.74, 6) is 1.52. The number of anilines is 1.